The first-order valence-corrected chi connectivity index (χ1v) is 7.95. The van der Waals surface area contributed by atoms with E-state index in [2.05, 4.69) is 4.99 Å². The van der Waals surface area contributed by atoms with Gasteiger partial charge in [-0.2, -0.15) is 5.26 Å². The number of pyridine rings is 1. The molecule has 11 heteroatoms. The van der Waals surface area contributed by atoms with Crippen molar-refractivity contribution in [1.29, 1.82) is 5.26 Å². The fourth-order valence-electron chi connectivity index (χ4n) is 2.59. The van der Waals surface area contributed by atoms with Gasteiger partial charge in [0, 0.05) is 18.3 Å². The molecule has 0 saturated carbocycles. The number of aliphatic imine (C=N–C) groups is 1. The second kappa shape index (κ2) is 7.67. The molecule has 1 aromatic carbocycles. The summed E-state index contributed by atoms with van der Waals surface area (Å²) in [5, 5.41) is 41.7. The van der Waals surface area contributed by atoms with Crippen molar-refractivity contribution in [1.82, 2.24) is 4.57 Å². The highest BCUT2D eigenvalue weighted by Crippen LogP contribution is 2.32. The number of rotatable bonds is 5. The quantitative estimate of drug-likeness (QED) is 0.469. The van der Waals surface area contributed by atoms with Gasteiger partial charge in [0.2, 0.25) is 5.88 Å². The van der Waals surface area contributed by atoms with Crippen molar-refractivity contribution >= 4 is 23.3 Å². The fraction of sp³-hybridized carbons (Fsp3) is 0.235. The smallest absolute Gasteiger partial charge is 0.301 e. The highest BCUT2D eigenvalue weighted by Gasteiger charge is 2.21. The molecule has 11 nitrogen and oxygen atoms in total. The zero-order valence-corrected chi connectivity index (χ0v) is 15.1. The summed E-state index contributed by atoms with van der Waals surface area (Å²) in [6.07, 6.45) is 1.08. The topological polar surface area (TPSA) is 165 Å². The zero-order valence-electron chi connectivity index (χ0n) is 15.1. The molecule has 1 N–H and O–H groups in total. The van der Waals surface area contributed by atoms with Gasteiger partial charge in [0.15, 0.2) is 0 Å². The third-order valence-electron chi connectivity index (χ3n) is 4.01. The number of benzene rings is 1. The second-order valence-electron chi connectivity index (χ2n) is 6.06. The molecule has 1 heterocycles. The predicted molar refractivity (Wildman–Crippen MR) is 99.2 cm³/mol. The monoisotopic (exact) mass is 385 g/mol. The van der Waals surface area contributed by atoms with E-state index in [-0.39, 0.29) is 22.4 Å². The number of nitriles is 1. The summed E-state index contributed by atoms with van der Waals surface area (Å²) < 4.78 is 1.01. The number of nitrogens with zero attached hydrogens (tertiary/aromatic N) is 5. The molecule has 0 aliphatic heterocycles. The summed E-state index contributed by atoms with van der Waals surface area (Å²) in [6.45, 7) is 4.72. The van der Waals surface area contributed by atoms with E-state index in [0.29, 0.717) is 0 Å². The largest absolute Gasteiger partial charge is 0.494 e. The molecule has 0 bridgehead atoms. The van der Waals surface area contributed by atoms with Crippen LogP contribution in [0.3, 0.4) is 0 Å². The Morgan fingerprint density at radius 2 is 1.93 bits per heavy atom. The Labute approximate surface area is 158 Å². The summed E-state index contributed by atoms with van der Waals surface area (Å²) in [5.74, 6) is -0.440. The molecule has 0 fully saturated rings. The normalized spacial score (nSPS) is 11.0. The van der Waals surface area contributed by atoms with E-state index >= 15 is 0 Å². The Balaban J connectivity index is 2.70. The van der Waals surface area contributed by atoms with Crippen LogP contribution in [0.5, 0.6) is 5.88 Å². The van der Waals surface area contributed by atoms with Crippen LogP contribution >= 0.6 is 0 Å². The first-order valence-electron chi connectivity index (χ1n) is 7.95. The minimum atomic E-state index is -0.817. The molecule has 1 aromatic heterocycles. The number of aromatic nitrogens is 1. The maximum atomic E-state index is 12.3. The molecule has 28 heavy (non-hydrogen) atoms. The molecule has 0 aliphatic rings. The molecule has 144 valence electrons. The standard InChI is InChI=1S/C17H15N5O6/c1-9(2)20-16(23)12(7-18)10(3)13(17(20)24)8-19-14-5-4-11(21(25)26)6-15(14)22(27)28/h4-6,8-9,24H,1-3H3. The van der Waals surface area contributed by atoms with Crippen molar-refractivity contribution in [2.75, 3.05) is 0 Å². The number of hydrogen-bond acceptors (Lipinski definition) is 8. The summed E-state index contributed by atoms with van der Waals surface area (Å²) in [7, 11) is 0. The van der Waals surface area contributed by atoms with Crippen LogP contribution in [0.25, 0.3) is 0 Å². The predicted octanol–water partition coefficient (Wildman–Crippen LogP) is 2.88. The van der Waals surface area contributed by atoms with Gasteiger partial charge >= 0.3 is 5.69 Å². The lowest BCUT2D eigenvalue weighted by molar-refractivity contribution is -0.393. The SMILES string of the molecule is Cc1c(C=Nc2ccc([N+](=O)[O-])cc2[N+](=O)[O-])c(O)n(C(C)C)c(=O)c1C#N. The van der Waals surface area contributed by atoms with E-state index in [1.807, 2.05) is 0 Å². The van der Waals surface area contributed by atoms with Crippen LogP contribution in [0.1, 0.15) is 36.6 Å². The Kier molecular flexibility index (Phi) is 5.54. The van der Waals surface area contributed by atoms with E-state index in [9.17, 15) is 35.4 Å². The van der Waals surface area contributed by atoms with Crippen LogP contribution in [-0.4, -0.2) is 25.7 Å². The number of nitro benzene ring substituents is 2. The van der Waals surface area contributed by atoms with Gasteiger partial charge in [-0.15, -0.1) is 0 Å². The Morgan fingerprint density at radius 3 is 2.43 bits per heavy atom. The maximum absolute atomic E-state index is 12.3. The number of nitro groups is 2. The maximum Gasteiger partial charge on any atom is 0.301 e. The Hall–Kier alpha value is -4.07. The summed E-state index contributed by atoms with van der Waals surface area (Å²) in [6, 6.07) is 4.26. The van der Waals surface area contributed by atoms with Gasteiger partial charge in [-0.05, 0) is 32.4 Å². The van der Waals surface area contributed by atoms with Gasteiger partial charge < -0.3 is 5.11 Å². The Bertz CT molecular complexity index is 1110. The van der Waals surface area contributed by atoms with Crippen molar-refractivity contribution in [2.45, 2.75) is 26.8 Å². The molecule has 0 amide bonds. The first-order chi connectivity index (χ1) is 13.1. The molecular weight excluding hydrogens is 370 g/mol. The molecule has 0 saturated heterocycles. The van der Waals surface area contributed by atoms with Gasteiger partial charge in [-0.25, -0.2) is 4.99 Å². The fourth-order valence-corrected chi connectivity index (χ4v) is 2.59. The van der Waals surface area contributed by atoms with E-state index in [0.717, 1.165) is 29.0 Å². The molecule has 0 radical (unpaired) electrons. The van der Waals surface area contributed by atoms with Gasteiger partial charge in [-0.3, -0.25) is 29.6 Å². The highest BCUT2D eigenvalue weighted by molar-refractivity contribution is 5.88. The lowest BCUT2D eigenvalue weighted by atomic mass is 10.1. The minimum Gasteiger partial charge on any atom is -0.494 e. The summed E-state index contributed by atoms with van der Waals surface area (Å²) >= 11 is 0. The number of aromatic hydroxyl groups is 1. The molecular formula is C17H15N5O6. The first kappa shape index (κ1) is 20.2. The van der Waals surface area contributed by atoms with Crippen molar-refractivity contribution in [3.63, 3.8) is 0 Å². The summed E-state index contributed by atoms with van der Waals surface area (Å²) in [4.78, 5) is 36.7. The number of non-ortho nitro benzene ring substituents is 1. The van der Waals surface area contributed by atoms with Gasteiger partial charge in [0.1, 0.15) is 17.3 Å². The number of hydrogen-bond donors (Lipinski definition) is 1. The van der Waals surface area contributed by atoms with Gasteiger partial charge in [-0.1, -0.05) is 0 Å². The Morgan fingerprint density at radius 1 is 1.29 bits per heavy atom. The second-order valence-corrected chi connectivity index (χ2v) is 6.06. The molecule has 0 atom stereocenters. The molecule has 0 unspecified atom stereocenters. The van der Waals surface area contributed by atoms with E-state index in [4.69, 9.17) is 0 Å². The van der Waals surface area contributed by atoms with Crippen LogP contribution in [0.15, 0.2) is 28.0 Å². The van der Waals surface area contributed by atoms with Crippen LogP contribution in [-0.2, 0) is 0 Å². The lowest BCUT2D eigenvalue weighted by Gasteiger charge is -2.16. The van der Waals surface area contributed by atoms with E-state index < -0.39 is 38.7 Å². The third kappa shape index (κ3) is 3.56. The van der Waals surface area contributed by atoms with Crippen molar-refractivity contribution < 1.29 is 15.0 Å². The van der Waals surface area contributed by atoms with Gasteiger partial charge in [0.25, 0.3) is 11.2 Å². The zero-order chi connectivity index (χ0) is 21.2. The molecule has 0 spiro atoms. The van der Waals surface area contributed by atoms with E-state index in [1.54, 1.807) is 19.9 Å². The van der Waals surface area contributed by atoms with Crippen LogP contribution in [0.2, 0.25) is 0 Å². The molecule has 0 aliphatic carbocycles. The van der Waals surface area contributed by atoms with Crippen LogP contribution in [0.4, 0.5) is 17.1 Å². The minimum absolute atomic E-state index is 0.0394. The van der Waals surface area contributed by atoms with Gasteiger partial charge in [0.05, 0.1) is 21.5 Å². The average Bonchev–Trinajstić information content (AvgIpc) is 2.61. The van der Waals surface area contributed by atoms with Crippen molar-refractivity contribution in [3.05, 3.63) is 65.5 Å². The van der Waals surface area contributed by atoms with E-state index in [1.165, 1.54) is 6.92 Å². The van der Waals surface area contributed by atoms with Crippen molar-refractivity contribution in [2.24, 2.45) is 4.99 Å². The highest BCUT2D eigenvalue weighted by atomic mass is 16.6. The summed E-state index contributed by atoms with van der Waals surface area (Å²) in [5.41, 5.74) is -1.90. The van der Waals surface area contributed by atoms with Crippen LogP contribution < -0.4 is 5.56 Å². The third-order valence-corrected chi connectivity index (χ3v) is 4.01. The van der Waals surface area contributed by atoms with Crippen molar-refractivity contribution in [3.8, 4) is 11.9 Å². The average molecular weight is 385 g/mol. The molecule has 2 rings (SSSR count). The lowest BCUT2D eigenvalue weighted by Crippen LogP contribution is -2.26. The van der Waals surface area contributed by atoms with Crippen LogP contribution in [0, 0.1) is 38.5 Å². The molecule has 2 aromatic rings.